The Balaban J connectivity index is 0.990. The highest BCUT2D eigenvalue weighted by molar-refractivity contribution is 5.88. The van der Waals surface area contributed by atoms with Gasteiger partial charge < -0.3 is 9.80 Å². The van der Waals surface area contributed by atoms with Crippen molar-refractivity contribution in [1.29, 1.82) is 0 Å². The fourth-order valence-corrected chi connectivity index (χ4v) is 12.6. The van der Waals surface area contributed by atoms with Crippen molar-refractivity contribution >= 4 is 22.7 Å². The molecular formula is C53H42F10N2. The van der Waals surface area contributed by atoms with Gasteiger partial charge in [-0.1, -0.05) is 75.9 Å². The van der Waals surface area contributed by atoms with Crippen LogP contribution >= 0.6 is 0 Å². The first-order valence-corrected chi connectivity index (χ1v) is 22.1. The molecule has 3 aliphatic carbocycles. The van der Waals surface area contributed by atoms with Crippen LogP contribution in [0.4, 0.5) is 66.7 Å². The SMILES string of the molecule is CC12CCCCC1(C)N(c1c(F)c(F)c(F)c(F)c1F)c1ccc(-c3ccc4c(c3)-c3cc(-c5ccc6c(c5)C5(C)CCCCC5(C)N6c5c(F)c(F)c(F)c(F)c5F)ccc3C4)cc12. The van der Waals surface area contributed by atoms with Gasteiger partial charge in [0.25, 0.3) is 0 Å². The van der Waals surface area contributed by atoms with Crippen molar-refractivity contribution in [1.82, 2.24) is 0 Å². The molecule has 6 aromatic carbocycles. The third-order valence-electron chi connectivity index (χ3n) is 16.6. The minimum Gasteiger partial charge on any atom is -0.329 e. The first-order chi connectivity index (χ1) is 30.9. The Morgan fingerprint density at radius 1 is 0.369 bits per heavy atom. The number of benzene rings is 6. The van der Waals surface area contributed by atoms with E-state index in [9.17, 15) is 26.3 Å². The second-order valence-electron chi connectivity index (χ2n) is 19.5. The van der Waals surface area contributed by atoms with Gasteiger partial charge in [-0.2, -0.15) is 0 Å². The van der Waals surface area contributed by atoms with E-state index in [-0.39, 0.29) is 0 Å². The molecule has 5 aliphatic rings. The van der Waals surface area contributed by atoms with Crippen LogP contribution in [0.3, 0.4) is 0 Å². The molecule has 6 aromatic rings. The first kappa shape index (κ1) is 41.9. The normalized spacial score (nSPS) is 25.0. The van der Waals surface area contributed by atoms with Crippen molar-refractivity contribution in [2.45, 2.75) is 107 Å². The molecular weight excluding hydrogens is 855 g/mol. The van der Waals surface area contributed by atoms with Gasteiger partial charge in [-0.15, -0.1) is 0 Å². The quantitative estimate of drug-likeness (QED) is 0.0987. The van der Waals surface area contributed by atoms with E-state index in [1.165, 1.54) is 9.80 Å². The van der Waals surface area contributed by atoms with E-state index in [2.05, 4.69) is 24.3 Å². The standard InChI is InChI=1S/C53H42F10N2/c1-50-17-5-7-19-52(50,3)64(48-44(60)40(56)38(54)41(57)45(48)61)36-15-13-28(24-34(36)50)26-9-11-30-21-31-12-10-27(23-33(31)32(30)22-26)29-14-16-37-35(25-29)51(2)18-6-8-20-53(51,4)65(37)49-46(62)42(58)39(55)43(59)47(49)63/h9-16,22-25H,5-8,17-21H2,1-4H3. The summed E-state index contributed by atoms with van der Waals surface area (Å²) in [4.78, 5) is 2.68. The Bertz CT molecular complexity index is 2830. The zero-order valence-corrected chi connectivity index (χ0v) is 36.0. The molecule has 0 saturated heterocycles. The maximum Gasteiger partial charge on any atom is 0.200 e. The average Bonchev–Trinajstić information content (AvgIpc) is 3.84. The lowest BCUT2D eigenvalue weighted by molar-refractivity contribution is 0.192. The summed E-state index contributed by atoms with van der Waals surface area (Å²) >= 11 is 0. The molecule has 0 spiro atoms. The molecule has 12 heteroatoms. The van der Waals surface area contributed by atoms with Gasteiger partial charge in [-0.25, -0.2) is 43.9 Å². The maximum atomic E-state index is 15.6. The van der Waals surface area contributed by atoms with Gasteiger partial charge in [0.05, 0.1) is 11.1 Å². The molecule has 65 heavy (non-hydrogen) atoms. The topological polar surface area (TPSA) is 6.48 Å². The van der Waals surface area contributed by atoms with Gasteiger partial charge in [0, 0.05) is 22.2 Å². The maximum absolute atomic E-state index is 15.6. The van der Waals surface area contributed by atoms with Gasteiger partial charge in [-0.05, 0) is 138 Å². The van der Waals surface area contributed by atoms with Crippen molar-refractivity contribution in [2.24, 2.45) is 0 Å². The van der Waals surface area contributed by atoms with E-state index < -0.39 is 91.5 Å². The molecule has 2 heterocycles. The molecule has 0 bridgehead atoms. The number of hydrogen-bond acceptors (Lipinski definition) is 2. The number of nitrogens with zero attached hydrogens (tertiary/aromatic N) is 2. The zero-order chi connectivity index (χ0) is 45.9. The van der Waals surface area contributed by atoms with Crippen molar-refractivity contribution in [3.05, 3.63) is 153 Å². The average molecular weight is 897 g/mol. The van der Waals surface area contributed by atoms with Crippen LogP contribution in [0.5, 0.6) is 0 Å². The van der Waals surface area contributed by atoms with Gasteiger partial charge in [0.1, 0.15) is 11.4 Å². The molecule has 0 aromatic heterocycles. The Kier molecular flexibility index (Phi) is 8.94. The van der Waals surface area contributed by atoms with Crippen molar-refractivity contribution in [3.8, 4) is 33.4 Å². The van der Waals surface area contributed by atoms with Gasteiger partial charge in [-0.3, -0.25) is 0 Å². The van der Waals surface area contributed by atoms with Crippen LogP contribution in [0.2, 0.25) is 0 Å². The van der Waals surface area contributed by atoms with Crippen molar-refractivity contribution < 1.29 is 43.9 Å². The molecule has 0 radical (unpaired) electrons. The van der Waals surface area contributed by atoms with E-state index in [1.54, 1.807) is 12.1 Å². The molecule has 2 aliphatic heterocycles. The lowest BCUT2D eigenvalue weighted by atomic mass is 9.61. The molecule has 0 amide bonds. The van der Waals surface area contributed by atoms with E-state index in [0.29, 0.717) is 56.3 Å². The van der Waals surface area contributed by atoms with Crippen LogP contribution < -0.4 is 9.80 Å². The van der Waals surface area contributed by atoms with E-state index >= 15 is 17.6 Å². The molecule has 2 fully saturated rings. The summed E-state index contributed by atoms with van der Waals surface area (Å²) in [6, 6.07) is 23.4. The first-order valence-electron chi connectivity index (χ1n) is 22.1. The van der Waals surface area contributed by atoms with Crippen molar-refractivity contribution in [3.63, 3.8) is 0 Å². The number of fused-ring (bicyclic) bond motifs is 9. The van der Waals surface area contributed by atoms with E-state index in [0.717, 1.165) is 68.5 Å². The molecule has 0 N–H and O–H groups in total. The van der Waals surface area contributed by atoms with E-state index in [4.69, 9.17) is 0 Å². The fourth-order valence-electron chi connectivity index (χ4n) is 12.6. The molecule has 4 unspecified atom stereocenters. The van der Waals surface area contributed by atoms with Gasteiger partial charge >= 0.3 is 0 Å². The smallest absolute Gasteiger partial charge is 0.200 e. The van der Waals surface area contributed by atoms with Gasteiger partial charge in [0.15, 0.2) is 46.5 Å². The second kappa shape index (κ2) is 13.9. The molecule has 11 rings (SSSR count). The fraction of sp³-hybridized carbons (Fsp3) is 0.321. The highest BCUT2D eigenvalue weighted by Crippen LogP contribution is 2.64. The summed E-state index contributed by atoms with van der Waals surface area (Å²) in [6.07, 6.45) is 5.98. The summed E-state index contributed by atoms with van der Waals surface area (Å²) in [5.41, 5.74) is 4.65. The van der Waals surface area contributed by atoms with Crippen LogP contribution in [-0.4, -0.2) is 11.1 Å². The van der Waals surface area contributed by atoms with Crippen LogP contribution in [0.25, 0.3) is 33.4 Å². The summed E-state index contributed by atoms with van der Waals surface area (Å²) in [5.74, 6) is -19.8. The number of rotatable bonds is 4. The van der Waals surface area contributed by atoms with E-state index in [1.807, 2.05) is 64.1 Å². The predicted octanol–water partition coefficient (Wildman–Crippen LogP) is 15.5. The summed E-state index contributed by atoms with van der Waals surface area (Å²) in [5, 5.41) is 0. The van der Waals surface area contributed by atoms with Crippen LogP contribution in [0.15, 0.2) is 72.8 Å². The predicted molar refractivity (Wildman–Crippen MR) is 231 cm³/mol. The lowest BCUT2D eigenvalue weighted by Gasteiger charge is -2.50. The van der Waals surface area contributed by atoms with Gasteiger partial charge in [0.2, 0.25) is 11.6 Å². The third-order valence-corrected chi connectivity index (χ3v) is 16.6. The summed E-state index contributed by atoms with van der Waals surface area (Å²) < 4.78 is 150. The summed E-state index contributed by atoms with van der Waals surface area (Å²) in [7, 11) is 0. The number of halogens is 10. The highest BCUT2D eigenvalue weighted by atomic mass is 19.2. The van der Waals surface area contributed by atoms with Crippen LogP contribution in [0.1, 0.15) is 101 Å². The van der Waals surface area contributed by atoms with Crippen LogP contribution in [-0.2, 0) is 17.3 Å². The monoisotopic (exact) mass is 896 g/mol. The molecule has 2 nitrogen and oxygen atoms in total. The summed E-state index contributed by atoms with van der Waals surface area (Å²) in [6.45, 7) is 7.69. The van der Waals surface area contributed by atoms with Crippen molar-refractivity contribution in [2.75, 3.05) is 9.80 Å². The Labute approximate surface area is 369 Å². The zero-order valence-electron chi connectivity index (χ0n) is 36.0. The number of anilines is 4. The molecule has 4 atom stereocenters. The Hall–Kier alpha value is -5.78. The highest BCUT2D eigenvalue weighted by Gasteiger charge is 2.60. The van der Waals surface area contributed by atoms with Crippen LogP contribution in [0, 0.1) is 58.2 Å². The minimum atomic E-state index is -2.20. The minimum absolute atomic E-state index is 0.395. The number of hydrogen-bond donors (Lipinski definition) is 0. The molecule has 334 valence electrons. The third kappa shape index (κ3) is 5.31. The largest absolute Gasteiger partial charge is 0.329 e. The Morgan fingerprint density at radius 3 is 1.05 bits per heavy atom. The Morgan fingerprint density at radius 2 is 0.677 bits per heavy atom. The second-order valence-corrected chi connectivity index (χ2v) is 19.5. The lowest BCUT2D eigenvalue weighted by Crippen LogP contribution is -2.55. The molecule has 2 saturated carbocycles.